The molecular formula is C12H12ClF3N2S. The van der Waals surface area contributed by atoms with Crippen LogP contribution in [-0.2, 0) is 0 Å². The van der Waals surface area contributed by atoms with E-state index >= 15 is 0 Å². The van der Waals surface area contributed by atoms with Crippen molar-refractivity contribution in [3.05, 3.63) is 41.1 Å². The molecule has 0 amide bonds. The Bertz CT molecular complexity index is 476. The molecule has 0 atom stereocenters. The zero-order valence-electron chi connectivity index (χ0n) is 10.1. The zero-order valence-corrected chi connectivity index (χ0v) is 11.7. The van der Waals surface area contributed by atoms with Crippen LogP contribution in [0, 0.1) is 0 Å². The largest absolute Gasteiger partial charge is 0.434 e. The third-order valence-corrected chi connectivity index (χ3v) is 4.16. The van der Waals surface area contributed by atoms with E-state index in [1.165, 1.54) is 0 Å². The molecule has 0 radical (unpaired) electrons. The molecule has 19 heavy (non-hydrogen) atoms. The Hall–Kier alpha value is -1.01. The molecule has 1 aromatic rings. The van der Waals surface area contributed by atoms with Gasteiger partial charge in [-0.2, -0.15) is 13.2 Å². The van der Waals surface area contributed by atoms with E-state index in [2.05, 4.69) is 0 Å². The number of halogens is 4. The molecule has 1 aromatic carbocycles. The van der Waals surface area contributed by atoms with Gasteiger partial charge in [-0.15, -0.1) is 0 Å². The van der Waals surface area contributed by atoms with Crippen LogP contribution in [0.5, 0.6) is 0 Å². The molecule has 0 saturated carbocycles. The Labute approximate surface area is 118 Å². The lowest BCUT2D eigenvalue weighted by molar-refractivity contribution is -0.103. The minimum Gasteiger partial charge on any atom is -0.335 e. The standard InChI is InChI=1S/C12H12ClF3N2S/c1-2-17(9-6-4-3-5-7-9)11-10(12(14,15)16)18(13)8-19-11/h3-7H,2,8H2,1H3. The number of alkyl halides is 3. The van der Waals surface area contributed by atoms with E-state index in [1.807, 2.05) is 13.0 Å². The summed E-state index contributed by atoms with van der Waals surface area (Å²) < 4.78 is 39.9. The van der Waals surface area contributed by atoms with Gasteiger partial charge in [-0.25, -0.2) is 0 Å². The predicted octanol–water partition coefficient (Wildman–Crippen LogP) is 4.40. The highest BCUT2D eigenvalue weighted by atomic mass is 35.5. The number of rotatable bonds is 3. The highest BCUT2D eigenvalue weighted by molar-refractivity contribution is 8.03. The van der Waals surface area contributed by atoms with Gasteiger partial charge in [0.05, 0.1) is 5.88 Å². The second kappa shape index (κ2) is 5.54. The number of nitrogens with zero attached hydrogens (tertiary/aromatic N) is 2. The quantitative estimate of drug-likeness (QED) is 0.764. The Morgan fingerprint density at radius 1 is 1.32 bits per heavy atom. The van der Waals surface area contributed by atoms with Gasteiger partial charge in [0.15, 0.2) is 5.70 Å². The third-order valence-electron chi connectivity index (χ3n) is 2.66. The monoisotopic (exact) mass is 308 g/mol. The van der Waals surface area contributed by atoms with Gasteiger partial charge in [-0.3, -0.25) is 4.42 Å². The molecule has 2 rings (SSSR count). The summed E-state index contributed by atoms with van der Waals surface area (Å²) in [6, 6.07) is 8.98. The second-order valence-electron chi connectivity index (χ2n) is 3.87. The van der Waals surface area contributed by atoms with Crippen molar-refractivity contribution < 1.29 is 13.2 Å². The Morgan fingerprint density at radius 2 is 1.95 bits per heavy atom. The van der Waals surface area contributed by atoms with Crippen LogP contribution in [0.3, 0.4) is 0 Å². The summed E-state index contributed by atoms with van der Waals surface area (Å²) >= 11 is 6.75. The van der Waals surface area contributed by atoms with Gasteiger partial charge in [0.1, 0.15) is 5.03 Å². The molecule has 7 heteroatoms. The summed E-state index contributed by atoms with van der Waals surface area (Å²) in [5, 5.41) is 0.149. The lowest BCUT2D eigenvalue weighted by atomic mass is 10.3. The fourth-order valence-electron chi connectivity index (χ4n) is 1.87. The van der Waals surface area contributed by atoms with E-state index in [0.29, 0.717) is 6.54 Å². The molecule has 0 aliphatic carbocycles. The summed E-state index contributed by atoms with van der Waals surface area (Å²) in [7, 11) is 0. The maximum atomic E-state index is 13.0. The van der Waals surface area contributed by atoms with Crippen LogP contribution in [0.1, 0.15) is 6.92 Å². The summed E-state index contributed by atoms with van der Waals surface area (Å²) in [6.07, 6.45) is -4.46. The summed E-state index contributed by atoms with van der Waals surface area (Å²) in [6.45, 7) is 2.25. The number of anilines is 1. The SMILES string of the molecule is CCN(C1=C(C(F)(F)F)N(Cl)CS1)c1ccccc1. The summed E-state index contributed by atoms with van der Waals surface area (Å²) in [5.41, 5.74) is -0.0638. The van der Waals surface area contributed by atoms with Crippen LogP contribution < -0.4 is 4.90 Å². The highest BCUT2D eigenvalue weighted by Gasteiger charge is 2.45. The molecule has 1 aliphatic rings. The van der Waals surface area contributed by atoms with Crippen molar-refractivity contribution in [3.63, 3.8) is 0 Å². The van der Waals surface area contributed by atoms with Gasteiger partial charge in [0.25, 0.3) is 0 Å². The van der Waals surface area contributed by atoms with Crippen LogP contribution >= 0.6 is 23.5 Å². The highest BCUT2D eigenvalue weighted by Crippen LogP contribution is 2.44. The summed E-state index contributed by atoms with van der Waals surface area (Å²) in [4.78, 5) is 1.62. The van der Waals surface area contributed by atoms with E-state index in [0.717, 1.165) is 21.9 Å². The van der Waals surface area contributed by atoms with Crippen LogP contribution in [0.25, 0.3) is 0 Å². The molecular weight excluding hydrogens is 297 g/mol. The lowest BCUT2D eigenvalue weighted by Crippen LogP contribution is -2.27. The molecule has 0 saturated heterocycles. The first kappa shape index (κ1) is 14.4. The molecule has 0 unspecified atom stereocenters. The fourth-order valence-corrected chi connectivity index (χ4v) is 3.36. The van der Waals surface area contributed by atoms with E-state index in [1.54, 1.807) is 29.2 Å². The number of allylic oxidation sites excluding steroid dienone is 1. The van der Waals surface area contributed by atoms with E-state index in [9.17, 15) is 13.2 Å². The molecule has 0 fully saturated rings. The van der Waals surface area contributed by atoms with E-state index < -0.39 is 11.9 Å². The van der Waals surface area contributed by atoms with Crippen molar-refractivity contribution in [1.29, 1.82) is 0 Å². The van der Waals surface area contributed by atoms with Crippen molar-refractivity contribution in [3.8, 4) is 0 Å². The topological polar surface area (TPSA) is 6.48 Å². The summed E-state index contributed by atoms with van der Waals surface area (Å²) in [5.74, 6) is 0.0923. The number of thioether (sulfide) groups is 1. The van der Waals surface area contributed by atoms with Crippen LogP contribution in [0.2, 0.25) is 0 Å². The van der Waals surface area contributed by atoms with Gasteiger partial charge in [-0.05, 0) is 19.1 Å². The first-order chi connectivity index (χ1) is 8.95. The Kier molecular flexibility index (Phi) is 4.20. The third kappa shape index (κ3) is 2.95. The van der Waals surface area contributed by atoms with Gasteiger partial charge in [0.2, 0.25) is 0 Å². The second-order valence-corrected chi connectivity index (χ2v) is 5.21. The number of benzene rings is 1. The Morgan fingerprint density at radius 3 is 2.47 bits per heavy atom. The number of para-hydroxylation sites is 1. The molecule has 0 spiro atoms. The van der Waals surface area contributed by atoms with E-state index in [-0.39, 0.29) is 10.9 Å². The molecule has 0 N–H and O–H groups in total. The molecule has 2 nitrogen and oxygen atoms in total. The first-order valence-electron chi connectivity index (χ1n) is 5.65. The number of hydrogen-bond acceptors (Lipinski definition) is 3. The smallest absolute Gasteiger partial charge is 0.335 e. The van der Waals surface area contributed by atoms with Gasteiger partial charge >= 0.3 is 6.18 Å². The fraction of sp³-hybridized carbons (Fsp3) is 0.333. The van der Waals surface area contributed by atoms with Crippen molar-refractivity contribution in [2.24, 2.45) is 0 Å². The molecule has 1 heterocycles. The zero-order chi connectivity index (χ0) is 14.0. The average molecular weight is 309 g/mol. The molecule has 0 aromatic heterocycles. The molecule has 104 valence electrons. The van der Waals surface area contributed by atoms with Crippen molar-refractivity contribution in [2.45, 2.75) is 13.1 Å². The maximum Gasteiger partial charge on any atom is 0.434 e. The number of hydrogen-bond donors (Lipinski definition) is 0. The van der Waals surface area contributed by atoms with Crippen molar-refractivity contribution in [2.75, 3.05) is 17.3 Å². The maximum absolute atomic E-state index is 13.0. The minimum absolute atomic E-state index is 0.0923. The minimum atomic E-state index is -4.46. The molecule has 1 aliphatic heterocycles. The molecule has 0 bridgehead atoms. The average Bonchev–Trinajstić information content (AvgIpc) is 2.73. The van der Waals surface area contributed by atoms with Crippen LogP contribution in [-0.4, -0.2) is 23.0 Å². The van der Waals surface area contributed by atoms with Gasteiger partial charge in [-0.1, -0.05) is 30.0 Å². The lowest BCUT2D eigenvalue weighted by Gasteiger charge is -2.25. The van der Waals surface area contributed by atoms with Crippen LogP contribution in [0.4, 0.5) is 18.9 Å². The van der Waals surface area contributed by atoms with Crippen molar-refractivity contribution >= 4 is 29.2 Å². The van der Waals surface area contributed by atoms with Crippen molar-refractivity contribution in [1.82, 2.24) is 4.42 Å². The first-order valence-corrected chi connectivity index (χ1v) is 6.97. The van der Waals surface area contributed by atoms with Gasteiger partial charge < -0.3 is 4.90 Å². The van der Waals surface area contributed by atoms with E-state index in [4.69, 9.17) is 11.8 Å². The predicted molar refractivity (Wildman–Crippen MR) is 72.7 cm³/mol. The normalized spacial score (nSPS) is 16.2. The van der Waals surface area contributed by atoms with Gasteiger partial charge in [0, 0.05) is 24.0 Å². The Balaban J connectivity index is 2.45. The van der Waals surface area contributed by atoms with Crippen LogP contribution in [0.15, 0.2) is 41.1 Å².